The van der Waals surface area contributed by atoms with E-state index in [2.05, 4.69) is 0 Å². The van der Waals surface area contributed by atoms with Gasteiger partial charge in [0.05, 0.1) is 19.1 Å². The molecule has 132 valence electrons. The van der Waals surface area contributed by atoms with E-state index in [1.165, 1.54) is 4.90 Å². The van der Waals surface area contributed by atoms with E-state index in [-0.39, 0.29) is 38.0 Å². The molecule has 1 aliphatic rings. The lowest BCUT2D eigenvalue weighted by Crippen LogP contribution is -2.30. The molecule has 1 aliphatic heterocycles. The van der Waals surface area contributed by atoms with E-state index in [9.17, 15) is 14.7 Å². The fourth-order valence-electron chi connectivity index (χ4n) is 2.61. The molecule has 1 aromatic carbocycles. The second-order valence-corrected chi connectivity index (χ2v) is 7.06. The van der Waals surface area contributed by atoms with Gasteiger partial charge in [-0.15, -0.1) is 0 Å². The van der Waals surface area contributed by atoms with Gasteiger partial charge in [-0.3, -0.25) is 4.79 Å². The molecule has 6 heteroatoms. The molecule has 0 bridgehead atoms. The smallest absolute Gasteiger partial charge is 0.410 e. The van der Waals surface area contributed by atoms with Crippen molar-refractivity contribution in [3.8, 4) is 0 Å². The summed E-state index contributed by atoms with van der Waals surface area (Å²) in [6.45, 7) is 6.02. The van der Waals surface area contributed by atoms with Crippen LogP contribution in [0.4, 0.5) is 4.79 Å². The molecule has 2 rings (SSSR count). The van der Waals surface area contributed by atoms with Gasteiger partial charge in [0.15, 0.2) is 0 Å². The molecule has 1 saturated heterocycles. The molecule has 0 radical (unpaired) electrons. The third kappa shape index (κ3) is 5.53. The number of carbonyl (C=O) groups excluding carboxylic acids is 2. The summed E-state index contributed by atoms with van der Waals surface area (Å²) in [5, 5.41) is 10.1. The van der Waals surface area contributed by atoms with Crippen LogP contribution >= 0.6 is 0 Å². The van der Waals surface area contributed by atoms with Gasteiger partial charge >= 0.3 is 12.1 Å². The summed E-state index contributed by atoms with van der Waals surface area (Å²) >= 11 is 0. The van der Waals surface area contributed by atoms with Crippen molar-refractivity contribution >= 4 is 12.1 Å². The summed E-state index contributed by atoms with van der Waals surface area (Å²) < 4.78 is 10.5. The second kappa shape index (κ2) is 7.66. The highest BCUT2D eigenvalue weighted by Gasteiger charge is 2.36. The van der Waals surface area contributed by atoms with Crippen molar-refractivity contribution in [3.63, 3.8) is 0 Å². The zero-order valence-electron chi connectivity index (χ0n) is 14.4. The Bertz CT molecular complexity index is 567. The van der Waals surface area contributed by atoms with Gasteiger partial charge in [-0.2, -0.15) is 0 Å². The number of hydrogen-bond donors (Lipinski definition) is 1. The van der Waals surface area contributed by atoms with Crippen molar-refractivity contribution in [2.24, 2.45) is 5.92 Å². The fourth-order valence-corrected chi connectivity index (χ4v) is 2.61. The Labute approximate surface area is 142 Å². The van der Waals surface area contributed by atoms with Gasteiger partial charge in [-0.1, -0.05) is 30.3 Å². The number of rotatable bonds is 4. The summed E-state index contributed by atoms with van der Waals surface area (Å²) in [4.78, 5) is 25.4. The Hall–Kier alpha value is -2.08. The molecule has 2 atom stereocenters. The third-order valence-corrected chi connectivity index (χ3v) is 3.72. The molecule has 0 aromatic heterocycles. The topological polar surface area (TPSA) is 76.1 Å². The predicted octanol–water partition coefficient (Wildman–Crippen LogP) is 2.35. The number of aliphatic hydroxyl groups is 1. The summed E-state index contributed by atoms with van der Waals surface area (Å²) in [7, 11) is 0. The van der Waals surface area contributed by atoms with Crippen LogP contribution in [0.5, 0.6) is 0 Å². The van der Waals surface area contributed by atoms with E-state index in [0.29, 0.717) is 0 Å². The average molecular weight is 335 g/mol. The number of esters is 1. The Balaban J connectivity index is 1.81. The molecular weight excluding hydrogens is 310 g/mol. The van der Waals surface area contributed by atoms with Gasteiger partial charge in [0.1, 0.15) is 12.2 Å². The van der Waals surface area contributed by atoms with E-state index >= 15 is 0 Å². The number of likely N-dealkylation sites (tertiary alicyclic amines) is 1. The normalized spacial score (nSPS) is 20.8. The van der Waals surface area contributed by atoms with Crippen LogP contribution in [-0.2, 0) is 20.9 Å². The van der Waals surface area contributed by atoms with Crippen molar-refractivity contribution in [1.82, 2.24) is 4.90 Å². The van der Waals surface area contributed by atoms with Crippen LogP contribution in [0.15, 0.2) is 30.3 Å². The Morgan fingerprint density at radius 3 is 2.50 bits per heavy atom. The number of β-amino-alcohol motifs (C(OH)–C–C–N with tert-alkyl or cyclic N) is 1. The number of amides is 1. The number of nitrogens with zero attached hydrogens (tertiary/aromatic N) is 1. The first-order valence-electron chi connectivity index (χ1n) is 8.10. The average Bonchev–Trinajstić information content (AvgIpc) is 2.85. The molecule has 24 heavy (non-hydrogen) atoms. The summed E-state index contributed by atoms with van der Waals surface area (Å²) in [6.07, 6.45) is -1.15. The monoisotopic (exact) mass is 335 g/mol. The number of ether oxygens (including phenoxy) is 2. The maximum atomic E-state index is 12.1. The predicted molar refractivity (Wildman–Crippen MR) is 88.2 cm³/mol. The molecular formula is C18H25NO5. The molecule has 1 heterocycles. The van der Waals surface area contributed by atoms with Crippen molar-refractivity contribution < 1.29 is 24.2 Å². The molecule has 1 aromatic rings. The highest BCUT2D eigenvalue weighted by atomic mass is 16.6. The molecule has 1 N–H and O–H groups in total. The van der Waals surface area contributed by atoms with Crippen molar-refractivity contribution in [3.05, 3.63) is 35.9 Å². The quantitative estimate of drug-likeness (QED) is 0.855. The Kier molecular flexibility index (Phi) is 5.83. The van der Waals surface area contributed by atoms with Gasteiger partial charge in [0.25, 0.3) is 0 Å². The number of hydrogen-bond acceptors (Lipinski definition) is 5. The third-order valence-electron chi connectivity index (χ3n) is 3.72. The number of aliphatic hydroxyl groups excluding tert-OH is 1. The number of carbonyl (C=O) groups is 2. The lowest BCUT2D eigenvalue weighted by atomic mass is 10.0. The zero-order chi connectivity index (χ0) is 17.7. The molecule has 1 amide bonds. The highest BCUT2D eigenvalue weighted by Crippen LogP contribution is 2.23. The van der Waals surface area contributed by atoms with Crippen LogP contribution in [0.3, 0.4) is 0 Å². The van der Waals surface area contributed by atoms with Crippen LogP contribution in [0.25, 0.3) is 0 Å². The van der Waals surface area contributed by atoms with E-state index in [1.807, 2.05) is 30.3 Å². The first-order chi connectivity index (χ1) is 11.2. The molecule has 0 saturated carbocycles. The highest BCUT2D eigenvalue weighted by molar-refractivity contribution is 5.71. The standard InChI is InChI=1S/C18H25NO5/c1-18(2,3)24-16(21)9-14-10-19(11-15(14)20)17(22)23-12-13-7-5-4-6-8-13/h4-8,14-15,20H,9-12H2,1-3H3/t14-,15-/m0/s1. The first kappa shape index (κ1) is 18.3. The first-order valence-corrected chi connectivity index (χ1v) is 8.10. The molecule has 0 aliphatic carbocycles. The lowest BCUT2D eigenvalue weighted by molar-refractivity contribution is -0.156. The second-order valence-electron chi connectivity index (χ2n) is 7.06. The van der Waals surface area contributed by atoms with E-state index < -0.39 is 17.8 Å². The maximum Gasteiger partial charge on any atom is 0.410 e. The summed E-state index contributed by atoms with van der Waals surface area (Å²) in [6, 6.07) is 9.39. The minimum absolute atomic E-state index is 0.0842. The van der Waals surface area contributed by atoms with Gasteiger partial charge in [0.2, 0.25) is 0 Å². The van der Waals surface area contributed by atoms with Crippen LogP contribution in [0.2, 0.25) is 0 Å². The molecule has 0 unspecified atom stereocenters. The van der Waals surface area contributed by atoms with Crippen LogP contribution in [-0.4, -0.2) is 46.9 Å². The molecule has 0 spiro atoms. The summed E-state index contributed by atoms with van der Waals surface area (Å²) in [5.41, 5.74) is 0.338. The van der Waals surface area contributed by atoms with Gasteiger partial charge in [-0.05, 0) is 26.3 Å². The van der Waals surface area contributed by atoms with Crippen LogP contribution < -0.4 is 0 Å². The Morgan fingerprint density at radius 1 is 1.21 bits per heavy atom. The molecule has 1 fully saturated rings. The summed E-state index contributed by atoms with van der Waals surface area (Å²) in [5.74, 6) is -0.699. The van der Waals surface area contributed by atoms with Crippen molar-refractivity contribution in [2.75, 3.05) is 13.1 Å². The van der Waals surface area contributed by atoms with Gasteiger partial charge in [0, 0.05) is 12.5 Å². The fraction of sp³-hybridized carbons (Fsp3) is 0.556. The van der Waals surface area contributed by atoms with Gasteiger partial charge < -0.3 is 19.5 Å². The van der Waals surface area contributed by atoms with Crippen LogP contribution in [0, 0.1) is 5.92 Å². The van der Waals surface area contributed by atoms with E-state index in [4.69, 9.17) is 9.47 Å². The van der Waals surface area contributed by atoms with E-state index in [0.717, 1.165) is 5.56 Å². The maximum absolute atomic E-state index is 12.1. The lowest BCUT2D eigenvalue weighted by Gasteiger charge is -2.21. The van der Waals surface area contributed by atoms with Crippen molar-refractivity contribution in [2.45, 2.75) is 45.5 Å². The van der Waals surface area contributed by atoms with E-state index in [1.54, 1.807) is 20.8 Å². The largest absolute Gasteiger partial charge is 0.460 e. The minimum atomic E-state index is -0.748. The van der Waals surface area contributed by atoms with Gasteiger partial charge in [-0.25, -0.2) is 4.79 Å². The molecule has 6 nitrogen and oxygen atoms in total. The van der Waals surface area contributed by atoms with Crippen LogP contribution in [0.1, 0.15) is 32.8 Å². The SMILES string of the molecule is CC(C)(C)OC(=O)C[C@H]1CN(C(=O)OCc2ccccc2)C[C@@H]1O. The number of benzene rings is 1. The van der Waals surface area contributed by atoms with Crippen molar-refractivity contribution in [1.29, 1.82) is 0 Å². The zero-order valence-corrected chi connectivity index (χ0v) is 14.4. The minimum Gasteiger partial charge on any atom is -0.460 e. The Morgan fingerprint density at radius 2 is 1.88 bits per heavy atom.